The number of likely N-dealkylation sites (N-methyl/N-ethyl adjacent to an activating group) is 1. The first-order chi connectivity index (χ1) is 18.2. The Balaban J connectivity index is 1.67. The smallest absolute Gasteiger partial charge is 0.253 e. The lowest BCUT2D eigenvalue weighted by molar-refractivity contribution is 0.0744. The van der Waals surface area contributed by atoms with Gasteiger partial charge in [0.2, 0.25) is 10.0 Å². The van der Waals surface area contributed by atoms with Crippen LogP contribution >= 0.6 is 11.3 Å². The van der Waals surface area contributed by atoms with Gasteiger partial charge in [-0.3, -0.25) is 10.2 Å². The number of hydrogen-bond acceptors (Lipinski definition) is 7. The Bertz CT molecular complexity index is 1540. The SMILES string of the molecule is COCCN(C)C(=O)c1cccc(S(=O)(=O)NC(Cc2cccc(C(=N)N)c2)c2nc3ccccc3s2)c1. The zero-order chi connectivity index (χ0) is 27.3. The van der Waals surface area contributed by atoms with Crippen LogP contribution in [-0.2, 0) is 21.2 Å². The van der Waals surface area contributed by atoms with Gasteiger partial charge < -0.3 is 15.4 Å². The zero-order valence-corrected chi connectivity index (χ0v) is 22.7. The number of nitrogens with one attached hydrogen (secondary N) is 2. The van der Waals surface area contributed by atoms with Crippen LogP contribution < -0.4 is 10.5 Å². The van der Waals surface area contributed by atoms with Crippen LogP contribution in [0.5, 0.6) is 0 Å². The Kier molecular flexibility index (Phi) is 8.52. The Morgan fingerprint density at radius 2 is 1.84 bits per heavy atom. The Hall–Kier alpha value is -3.64. The second-order valence-electron chi connectivity index (χ2n) is 8.76. The molecule has 11 heteroatoms. The maximum Gasteiger partial charge on any atom is 0.253 e. The van der Waals surface area contributed by atoms with Crippen molar-refractivity contribution in [1.29, 1.82) is 5.41 Å². The molecule has 0 saturated heterocycles. The number of carbonyl (C=O) groups excluding carboxylic acids is 1. The van der Waals surface area contributed by atoms with Crippen molar-refractivity contribution in [2.75, 3.05) is 27.3 Å². The number of sulfonamides is 1. The highest BCUT2D eigenvalue weighted by atomic mass is 32.2. The number of amidine groups is 1. The van der Waals surface area contributed by atoms with Crippen molar-refractivity contribution in [3.8, 4) is 0 Å². The minimum atomic E-state index is -4.04. The lowest BCUT2D eigenvalue weighted by Crippen LogP contribution is -2.31. The standard InChI is InChI=1S/C27H29N5O4S2/c1-32(13-14-36-2)27(33)20-9-6-10-21(17-20)38(34,35)31-23(16-18-7-5-8-19(15-18)25(28)29)26-30-22-11-3-4-12-24(22)37-26/h3-12,15,17,23,31H,13-14,16H2,1-2H3,(H3,28,29). The van der Waals surface area contributed by atoms with Crippen molar-refractivity contribution in [1.82, 2.24) is 14.6 Å². The van der Waals surface area contributed by atoms with E-state index in [1.165, 1.54) is 28.4 Å². The second kappa shape index (κ2) is 11.8. The molecule has 9 nitrogen and oxygen atoms in total. The van der Waals surface area contributed by atoms with Crippen LogP contribution in [0.15, 0.2) is 77.7 Å². The van der Waals surface area contributed by atoms with Crippen molar-refractivity contribution in [3.63, 3.8) is 0 Å². The summed E-state index contributed by atoms with van der Waals surface area (Å²) in [6.45, 7) is 0.750. The van der Waals surface area contributed by atoms with Crippen molar-refractivity contribution >= 4 is 43.3 Å². The molecule has 0 aliphatic carbocycles. The first-order valence-corrected chi connectivity index (χ1v) is 14.1. The molecule has 4 aromatic rings. The van der Waals surface area contributed by atoms with Gasteiger partial charge in [-0.1, -0.05) is 36.4 Å². The summed E-state index contributed by atoms with van der Waals surface area (Å²) in [4.78, 5) is 19.0. The molecule has 0 bridgehead atoms. The summed E-state index contributed by atoms with van der Waals surface area (Å²) in [5.74, 6) is -0.371. The van der Waals surface area contributed by atoms with Crippen molar-refractivity contribution < 1.29 is 17.9 Å². The van der Waals surface area contributed by atoms with Crippen LogP contribution in [0.4, 0.5) is 0 Å². The van der Waals surface area contributed by atoms with Crippen LogP contribution in [0.25, 0.3) is 10.2 Å². The maximum absolute atomic E-state index is 13.6. The number of amides is 1. The molecule has 1 amide bonds. The van der Waals surface area contributed by atoms with E-state index in [4.69, 9.17) is 20.9 Å². The minimum Gasteiger partial charge on any atom is -0.384 e. The predicted molar refractivity (Wildman–Crippen MR) is 149 cm³/mol. The van der Waals surface area contributed by atoms with E-state index < -0.39 is 16.1 Å². The van der Waals surface area contributed by atoms with E-state index in [9.17, 15) is 13.2 Å². The number of para-hydroxylation sites is 1. The maximum atomic E-state index is 13.6. The Morgan fingerprint density at radius 3 is 2.58 bits per heavy atom. The largest absolute Gasteiger partial charge is 0.384 e. The van der Waals surface area contributed by atoms with E-state index in [2.05, 4.69) is 4.72 Å². The number of aromatic nitrogens is 1. The van der Waals surface area contributed by atoms with E-state index in [0.717, 1.165) is 15.8 Å². The molecule has 4 N–H and O–H groups in total. The highest BCUT2D eigenvalue weighted by molar-refractivity contribution is 7.89. The molecule has 198 valence electrons. The number of hydrogen-bond donors (Lipinski definition) is 3. The molecule has 4 rings (SSSR count). The quantitative estimate of drug-likeness (QED) is 0.192. The third-order valence-corrected chi connectivity index (χ3v) is 8.57. The summed E-state index contributed by atoms with van der Waals surface area (Å²) in [6.07, 6.45) is 0.290. The number of rotatable bonds is 11. The number of fused-ring (bicyclic) bond motifs is 1. The normalized spacial score (nSPS) is 12.4. The van der Waals surface area contributed by atoms with Gasteiger partial charge in [0, 0.05) is 31.8 Å². The van der Waals surface area contributed by atoms with Gasteiger partial charge >= 0.3 is 0 Å². The van der Waals surface area contributed by atoms with Gasteiger partial charge in [-0.25, -0.2) is 18.1 Å². The molecule has 1 heterocycles. The zero-order valence-electron chi connectivity index (χ0n) is 21.0. The Morgan fingerprint density at radius 1 is 1.11 bits per heavy atom. The summed E-state index contributed by atoms with van der Waals surface area (Å²) in [6, 6.07) is 20.0. The van der Waals surface area contributed by atoms with Gasteiger partial charge in [-0.15, -0.1) is 11.3 Å². The van der Waals surface area contributed by atoms with Gasteiger partial charge in [0.25, 0.3) is 5.91 Å². The molecular formula is C27H29N5O4S2. The minimum absolute atomic E-state index is 0.0212. The molecule has 0 fully saturated rings. The number of nitrogens with two attached hydrogens (primary N) is 1. The van der Waals surface area contributed by atoms with Crippen molar-refractivity contribution in [2.24, 2.45) is 5.73 Å². The predicted octanol–water partition coefficient (Wildman–Crippen LogP) is 3.56. The van der Waals surface area contributed by atoms with E-state index in [1.807, 2.05) is 30.3 Å². The molecular weight excluding hydrogens is 522 g/mol. The highest BCUT2D eigenvalue weighted by Gasteiger charge is 2.26. The summed E-state index contributed by atoms with van der Waals surface area (Å²) < 4.78 is 35.9. The third-order valence-electron chi connectivity index (χ3n) is 5.95. The first kappa shape index (κ1) is 27.4. The lowest BCUT2D eigenvalue weighted by atomic mass is 10.0. The molecule has 0 aliphatic heterocycles. The number of nitrogens with zero attached hydrogens (tertiary/aromatic N) is 2. The van der Waals surface area contributed by atoms with Gasteiger partial charge in [-0.2, -0.15) is 0 Å². The molecule has 1 unspecified atom stereocenters. The van der Waals surface area contributed by atoms with Crippen LogP contribution in [0.1, 0.15) is 32.5 Å². The number of carbonyl (C=O) groups is 1. The van der Waals surface area contributed by atoms with Crippen molar-refractivity contribution in [2.45, 2.75) is 17.4 Å². The van der Waals surface area contributed by atoms with Crippen LogP contribution in [-0.4, -0.2) is 57.4 Å². The second-order valence-corrected chi connectivity index (χ2v) is 11.5. The van der Waals surface area contributed by atoms with Gasteiger partial charge in [0.05, 0.1) is 27.8 Å². The first-order valence-electron chi connectivity index (χ1n) is 11.8. The number of nitrogen functional groups attached to an aromatic ring is 1. The van der Waals surface area contributed by atoms with Gasteiger partial charge in [0.1, 0.15) is 10.8 Å². The molecule has 0 saturated carbocycles. The average molecular weight is 552 g/mol. The number of methoxy groups -OCH3 is 1. The van der Waals surface area contributed by atoms with Crippen LogP contribution in [0.3, 0.4) is 0 Å². The highest BCUT2D eigenvalue weighted by Crippen LogP contribution is 2.30. The molecule has 0 aliphatic rings. The molecule has 1 atom stereocenters. The van der Waals surface area contributed by atoms with Crippen LogP contribution in [0.2, 0.25) is 0 Å². The molecule has 1 aromatic heterocycles. The topological polar surface area (TPSA) is 138 Å². The summed E-state index contributed by atoms with van der Waals surface area (Å²) >= 11 is 1.41. The summed E-state index contributed by atoms with van der Waals surface area (Å²) in [5.41, 5.74) is 8.06. The van der Waals surface area contributed by atoms with E-state index >= 15 is 0 Å². The van der Waals surface area contributed by atoms with Crippen molar-refractivity contribution in [3.05, 3.63) is 94.5 Å². The van der Waals surface area contributed by atoms with Crippen LogP contribution in [0, 0.1) is 5.41 Å². The fourth-order valence-electron chi connectivity index (χ4n) is 3.92. The van der Waals surface area contributed by atoms with E-state index in [0.29, 0.717) is 30.1 Å². The van der Waals surface area contributed by atoms with E-state index in [-0.39, 0.29) is 22.2 Å². The summed E-state index contributed by atoms with van der Waals surface area (Å²) in [5, 5.41) is 8.35. The summed E-state index contributed by atoms with van der Waals surface area (Å²) in [7, 11) is -0.847. The average Bonchev–Trinajstić information content (AvgIpc) is 3.35. The Labute approximate surface area is 225 Å². The fourth-order valence-corrected chi connectivity index (χ4v) is 6.26. The number of benzene rings is 3. The van der Waals surface area contributed by atoms with Gasteiger partial charge in [-0.05, 0) is 48.4 Å². The molecule has 38 heavy (non-hydrogen) atoms. The third kappa shape index (κ3) is 6.43. The lowest BCUT2D eigenvalue weighted by Gasteiger charge is -2.19. The number of ether oxygens (including phenoxy) is 1. The number of thiazole rings is 1. The molecule has 0 radical (unpaired) electrons. The monoisotopic (exact) mass is 551 g/mol. The van der Waals surface area contributed by atoms with E-state index in [1.54, 1.807) is 44.5 Å². The fraction of sp³-hybridized carbons (Fsp3) is 0.222. The molecule has 0 spiro atoms. The van der Waals surface area contributed by atoms with Gasteiger partial charge in [0.15, 0.2) is 0 Å². The molecule has 3 aromatic carbocycles.